The van der Waals surface area contributed by atoms with Gasteiger partial charge in [-0.1, -0.05) is 37.3 Å². The molecule has 6 nitrogen and oxygen atoms in total. The van der Waals surface area contributed by atoms with E-state index in [9.17, 15) is 9.59 Å². The first-order valence-corrected chi connectivity index (χ1v) is 10.6. The molecular formula is C23H28N4O2. The first kappa shape index (κ1) is 19.6. The van der Waals surface area contributed by atoms with Crippen molar-refractivity contribution in [3.63, 3.8) is 0 Å². The molecule has 0 aliphatic carbocycles. The van der Waals surface area contributed by atoms with Crippen LogP contribution in [0.25, 0.3) is 0 Å². The van der Waals surface area contributed by atoms with E-state index in [4.69, 9.17) is 9.97 Å². The number of nitrogens with zero attached hydrogens (tertiary/aromatic N) is 4. The molecular weight excluding hydrogens is 364 g/mol. The zero-order valence-corrected chi connectivity index (χ0v) is 17.2. The van der Waals surface area contributed by atoms with E-state index in [0.29, 0.717) is 25.2 Å². The largest absolute Gasteiger partial charge is 0.332 e. The van der Waals surface area contributed by atoms with E-state index >= 15 is 0 Å². The molecule has 0 bridgehead atoms. The van der Waals surface area contributed by atoms with E-state index in [1.807, 2.05) is 36.9 Å². The van der Waals surface area contributed by atoms with Gasteiger partial charge in [0.05, 0.1) is 12.5 Å². The van der Waals surface area contributed by atoms with Crippen LogP contribution in [0.2, 0.25) is 0 Å². The fourth-order valence-electron chi connectivity index (χ4n) is 4.36. The number of benzene rings is 1. The molecule has 2 aliphatic rings. The number of amides is 2. The van der Waals surface area contributed by atoms with Gasteiger partial charge in [-0.25, -0.2) is 9.97 Å². The normalized spacial score (nSPS) is 18.8. The van der Waals surface area contributed by atoms with Crippen molar-refractivity contribution in [1.29, 1.82) is 0 Å². The molecule has 4 rings (SSSR count). The van der Waals surface area contributed by atoms with Gasteiger partial charge >= 0.3 is 0 Å². The Labute approximate surface area is 172 Å². The molecule has 1 saturated heterocycles. The highest BCUT2D eigenvalue weighted by Gasteiger charge is 2.34. The predicted octanol–water partition coefficient (Wildman–Crippen LogP) is 3.38. The van der Waals surface area contributed by atoms with Crippen molar-refractivity contribution in [1.82, 2.24) is 14.9 Å². The van der Waals surface area contributed by atoms with Crippen LogP contribution in [0.3, 0.4) is 0 Å². The van der Waals surface area contributed by atoms with E-state index in [1.165, 1.54) is 5.56 Å². The van der Waals surface area contributed by atoms with Crippen molar-refractivity contribution in [2.24, 2.45) is 0 Å². The van der Waals surface area contributed by atoms with Crippen molar-refractivity contribution in [2.45, 2.75) is 58.4 Å². The highest BCUT2D eigenvalue weighted by atomic mass is 16.2. The molecule has 0 saturated carbocycles. The van der Waals surface area contributed by atoms with Gasteiger partial charge in [-0.05, 0) is 38.2 Å². The molecule has 0 radical (unpaired) electrons. The number of piperidine rings is 1. The van der Waals surface area contributed by atoms with Gasteiger partial charge in [0.2, 0.25) is 11.8 Å². The SMILES string of the molecule is CCC(=O)N1CCCCC1c1nc(C)c2c(n1)N(CCc1ccccc1)C(=O)C2. The summed E-state index contributed by atoms with van der Waals surface area (Å²) in [6.07, 6.45) is 4.60. The number of aromatic nitrogens is 2. The minimum atomic E-state index is -0.0909. The number of carbonyl (C=O) groups excluding carboxylic acids is 2. The summed E-state index contributed by atoms with van der Waals surface area (Å²) in [7, 11) is 0. The third-order valence-electron chi connectivity index (χ3n) is 5.98. The first-order chi connectivity index (χ1) is 14.1. The number of rotatable bonds is 5. The standard InChI is InChI=1S/C23H28N4O2/c1-3-20(28)26-13-8-7-11-19(26)22-24-16(2)18-15-21(29)27(23(18)25-22)14-12-17-9-5-4-6-10-17/h4-6,9-10,19H,3,7-8,11-15H2,1-2H3. The number of fused-ring (bicyclic) bond motifs is 1. The van der Waals surface area contributed by atoms with Crippen LogP contribution in [0.15, 0.2) is 30.3 Å². The minimum Gasteiger partial charge on any atom is -0.332 e. The minimum absolute atomic E-state index is 0.0793. The zero-order chi connectivity index (χ0) is 20.4. The molecule has 1 unspecified atom stereocenters. The molecule has 2 amide bonds. The monoisotopic (exact) mass is 392 g/mol. The van der Waals surface area contributed by atoms with Crippen LogP contribution in [-0.4, -0.2) is 39.8 Å². The maximum Gasteiger partial charge on any atom is 0.232 e. The molecule has 1 aromatic heterocycles. The molecule has 1 fully saturated rings. The number of likely N-dealkylation sites (tertiary alicyclic amines) is 1. The lowest BCUT2D eigenvalue weighted by atomic mass is 10.0. The zero-order valence-electron chi connectivity index (χ0n) is 17.2. The summed E-state index contributed by atoms with van der Waals surface area (Å²) >= 11 is 0. The molecule has 29 heavy (non-hydrogen) atoms. The summed E-state index contributed by atoms with van der Waals surface area (Å²) in [5, 5.41) is 0. The van der Waals surface area contributed by atoms with Gasteiger partial charge < -0.3 is 4.90 Å². The maximum atomic E-state index is 12.7. The molecule has 2 aromatic rings. The van der Waals surface area contributed by atoms with Gasteiger partial charge in [0.1, 0.15) is 5.82 Å². The van der Waals surface area contributed by atoms with E-state index in [2.05, 4.69) is 12.1 Å². The lowest BCUT2D eigenvalue weighted by molar-refractivity contribution is -0.135. The highest BCUT2D eigenvalue weighted by molar-refractivity contribution is 6.00. The quantitative estimate of drug-likeness (QED) is 0.782. The number of anilines is 1. The van der Waals surface area contributed by atoms with Crippen LogP contribution in [-0.2, 0) is 22.4 Å². The molecule has 6 heteroatoms. The molecule has 0 spiro atoms. The van der Waals surface area contributed by atoms with Crippen LogP contribution in [0.4, 0.5) is 5.82 Å². The van der Waals surface area contributed by atoms with Gasteiger partial charge in [-0.3, -0.25) is 14.5 Å². The number of aryl methyl sites for hydroxylation is 1. The van der Waals surface area contributed by atoms with Gasteiger partial charge in [-0.15, -0.1) is 0 Å². The van der Waals surface area contributed by atoms with Crippen LogP contribution in [0.5, 0.6) is 0 Å². The lowest BCUT2D eigenvalue weighted by Crippen LogP contribution is -2.39. The second-order valence-electron chi connectivity index (χ2n) is 7.88. The number of carbonyl (C=O) groups is 2. The average molecular weight is 393 g/mol. The Morgan fingerprint density at radius 3 is 2.72 bits per heavy atom. The Kier molecular flexibility index (Phi) is 5.60. The van der Waals surface area contributed by atoms with Crippen molar-refractivity contribution >= 4 is 17.6 Å². The van der Waals surface area contributed by atoms with Crippen molar-refractivity contribution in [2.75, 3.05) is 18.0 Å². The second kappa shape index (κ2) is 8.31. The molecule has 1 atom stereocenters. The van der Waals surface area contributed by atoms with Crippen molar-refractivity contribution in [3.05, 3.63) is 53.0 Å². The maximum absolute atomic E-state index is 12.7. The van der Waals surface area contributed by atoms with Gasteiger partial charge in [0, 0.05) is 30.8 Å². The number of hydrogen-bond donors (Lipinski definition) is 0. The first-order valence-electron chi connectivity index (χ1n) is 10.6. The highest BCUT2D eigenvalue weighted by Crippen LogP contribution is 2.34. The second-order valence-corrected chi connectivity index (χ2v) is 7.88. The third-order valence-corrected chi connectivity index (χ3v) is 5.98. The van der Waals surface area contributed by atoms with E-state index in [0.717, 1.165) is 49.3 Å². The van der Waals surface area contributed by atoms with Crippen LogP contribution < -0.4 is 4.90 Å². The summed E-state index contributed by atoms with van der Waals surface area (Å²) in [6.45, 7) is 5.21. The van der Waals surface area contributed by atoms with Crippen LogP contribution >= 0.6 is 0 Å². The van der Waals surface area contributed by atoms with Crippen LogP contribution in [0.1, 0.15) is 61.3 Å². The summed E-state index contributed by atoms with van der Waals surface area (Å²) in [5.41, 5.74) is 2.98. The third kappa shape index (κ3) is 3.88. The summed E-state index contributed by atoms with van der Waals surface area (Å²) in [4.78, 5) is 38.5. The average Bonchev–Trinajstić information content (AvgIpc) is 3.08. The molecule has 1 aromatic carbocycles. The Morgan fingerprint density at radius 1 is 1.17 bits per heavy atom. The summed E-state index contributed by atoms with van der Waals surface area (Å²) in [5.74, 6) is 1.65. The lowest BCUT2D eigenvalue weighted by Gasteiger charge is -2.35. The summed E-state index contributed by atoms with van der Waals surface area (Å²) < 4.78 is 0. The van der Waals surface area contributed by atoms with E-state index in [1.54, 1.807) is 4.90 Å². The Balaban J connectivity index is 1.62. The molecule has 3 heterocycles. The Bertz CT molecular complexity index is 913. The van der Waals surface area contributed by atoms with Gasteiger partial charge in [0.15, 0.2) is 5.82 Å². The molecule has 2 aliphatic heterocycles. The number of hydrogen-bond acceptors (Lipinski definition) is 4. The van der Waals surface area contributed by atoms with E-state index in [-0.39, 0.29) is 17.9 Å². The predicted molar refractivity (Wildman–Crippen MR) is 112 cm³/mol. The van der Waals surface area contributed by atoms with Gasteiger partial charge in [0.25, 0.3) is 0 Å². The van der Waals surface area contributed by atoms with E-state index < -0.39 is 0 Å². The van der Waals surface area contributed by atoms with Gasteiger partial charge in [-0.2, -0.15) is 0 Å². The smallest absolute Gasteiger partial charge is 0.232 e. The van der Waals surface area contributed by atoms with Crippen molar-refractivity contribution in [3.8, 4) is 0 Å². The topological polar surface area (TPSA) is 66.4 Å². The van der Waals surface area contributed by atoms with Crippen molar-refractivity contribution < 1.29 is 9.59 Å². The Morgan fingerprint density at radius 2 is 1.97 bits per heavy atom. The molecule has 0 N–H and O–H groups in total. The fraction of sp³-hybridized carbons (Fsp3) is 0.478. The fourth-order valence-corrected chi connectivity index (χ4v) is 4.36. The van der Waals surface area contributed by atoms with Crippen LogP contribution in [0, 0.1) is 6.92 Å². The molecule has 152 valence electrons. The Hall–Kier alpha value is -2.76. The summed E-state index contributed by atoms with van der Waals surface area (Å²) in [6, 6.07) is 10.1.